The number of carbonyl (C=O) groups is 2. The van der Waals surface area contributed by atoms with Gasteiger partial charge in [-0.15, -0.1) is 0 Å². The van der Waals surface area contributed by atoms with Gasteiger partial charge < -0.3 is 10.4 Å². The zero-order valence-electron chi connectivity index (χ0n) is 11.2. The number of nitrogens with zero attached hydrogens (tertiary/aromatic N) is 1. The summed E-state index contributed by atoms with van der Waals surface area (Å²) in [4.78, 5) is 23.9. The molecule has 0 aliphatic carbocycles. The van der Waals surface area contributed by atoms with Gasteiger partial charge in [-0.25, -0.2) is 4.39 Å². The van der Waals surface area contributed by atoms with Crippen molar-refractivity contribution in [3.63, 3.8) is 0 Å². The van der Waals surface area contributed by atoms with Crippen LogP contribution in [0.4, 0.5) is 10.1 Å². The molecule has 20 heavy (non-hydrogen) atoms. The molecule has 0 bridgehead atoms. The monoisotopic (exact) mass is 302 g/mol. The molecule has 1 aromatic rings. The van der Waals surface area contributed by atoms with Crippen molar-refractivity contribution in [1.29, 1.82) is 0 Å². The van der Waals surface area contributed by atoms with Crippen LogP contribution in [0.3, 0.4) is 0 Å². The Kier molecular flexibility index (Phi) is 5.91. The van der Waals surface area contributed by atoms with Crippen LogP contribution in [0, 0.1) is 5.82 Å². The quantitative estimate of drug-likeness (QED) is 0.845. The maximum atomic E-state index is 13.5. The van der Waals surface area contributed by atoms with Crippen molar-refractivity contribution in [2.45, 2.75) is 19.4 Å². The first-order valence-corrected chi connectivity index (χ1v) is 6.37. The third-order valence-electron chi connectivity index (χ3n) is 2.92. The van der Waals surface area contributed by atoms with E-state index in [0.717, 1.165) is 6.07 Å². The summed E-state index contributed by atoms with van der Waals surface area (Å²) in [7, 11) is 1.61. The topological polar surface area (TPSA) is 69.6 Å². The van der Waals surface area contributed by atoms with Crippen LogP contribution in [0.2, 0.25) is 5.02 Å². The second-order valence-electron chi connectivity index (χ2n) is 4.42. The molecule has 1 unspecified atom stereocenters. The van der Waals surface area contributed by atoms with Gasteiger partial charge >= 0.3 is 5.97 Å². The molecule has 0 saturated carbocycles. The second kappa shape index (κ2) is 7.21. The van der Waals surface area contributed by atoms with Crippen molar-refractivity contribution in [3.05, 3.63) is 29.0 Å². The lowest BCUT2D eigenvalue weighted by Crippen LogP contribution is -2.37. The van der Waals surface area contributed by atoms with Crippen molar-refractivity contribution >= 4 is 29.2 Å². The smallest absolute Gasteiger partial charge is 0.320 e. The highest BCUT2D eigenvalue weighted by molar-refractivity contribution is 6.30. The standard InChI is InChI=1S/C13H16ClFN2O3/c1-8(13(19)20)17(2)6-5-12(18)16-11-4-3-9(14)7-10(11)15/h3-4,7-8H,5-6H2,1-2H3,(H,16,18)(H,19,20). The van der Waals surface area contributed by atoms with Gasteiger partial charge in [0.2, 0.25) is 5.91 Å². The largest absolute Gasteiger partial charge is 0.480 e. The van der Waals surface area contributed by atoms with Gasteiger partial charge in [-0.1, -0.05) is 11.6 Å². The van der Waals surface area contributed by atoms with Gasteiger partial charge in [-0.2, -0.15) is 0 Å². The van der Waals surface area contributed by atoms with Crippen LogP contribution >= 0.6 is 11.6 Å². The minimum atomic E-state index is -0.961. The molecule has 1 aromatic carbocycles. The predicted octanol–water partition coefficient (Wildman–Crippen LogP) is 2.21. The van der Waals surface area contributed by atoms with Crippen LogP contribution in [-0.4, -0.2) is 41.5 Å². The van der Waals surface area contributed by atoms with E-state index in [1.54, 1.807) is 7.05 Å². The van der Waals surface area contributed by atoms with E-state index in [2.05, 4.69) is 5.32 Å². The zero-order valence-corrected chi connectivity index (χ0v) is 11.9. The molecule has 0 fully saturated rings. The molecule has 0 aliphatic rings. The first-order chi connectivity index (χ1) is 9.31. The lowest BCUT2D eigenvalue weighted by Gasteiger charge is -2.20. The molecule has 7 heteroatoms. The van der Waals surface area contributed by atoms with Crippen molar-refractivity contribution < 1.29 is 19.1 Å². The number of hydrogen-bond acceptors (Lipinski definition) is 3. The molecule has 0 spiro atoms. The number of nitrogens with one attached hydrogen (secondary N) is 1. The number of halogens is 2. The van der Waals surface area contributed by atoms with E-state index < -0.39 is 23.7 Å². The Labute approximate surface area is 121 Å². The highest BCUT2D eigenvalue weighted by Crippen LogP contribution is 2.18. The van der Waals surface area contributed by atoms with Crippen LogP contribution in [0.25, 0.3) is 0 Å². The molecule has 1 rings (SSSR count). The normalized spacial score (nSPS) is 12.2. The van der Waals surface area contributed by atoms with Crippen LogP contribution in [-0.2, 0) is 9.59 Å². The second-order valence-corrected chi connectivity index (χ2v) is 4.85. The van der Waals surface area contributed by atoms with Crippen molar-refractivity contribution in [2.24, 2.45) is 0 Å². The number of likely N-dealkylation sites (N-methyl/N-ethyl adjacent to an activating group) is 1. The summed E-state index contributed by atoms with van der Waals surface area (Å²) in [5.41, 5.74) is 0.0494. The van der Waals surface area contributed by atoms with E-state index in [1.165, 1.54) is 24.0 Å². The molecule has 1 atom stereocenters. The average molecular weight is 303 g/mol. The van der Waals surface area contributed by atoms with Crippen molar-refractivity contribution in [1.82, 2.24) is 4.90 Å². The Morgan fingerprint density at radius 3 is 2.70 bits per heavy atom. The first kappa shape index (κ1) is 16.4. The fourth-order valence-corrected chi connectivity index (χ4v) is 1.62. The molecule has 110 valence electrons. The van der Waals surface area contributed by atoms with Gasteiger partial charge in [-0.3, -0.25) is 14.5 Å². The van der Waals surface area contributed by atoms with E-state index in [0.29, 0.717) is 0 Å². The number of aliphatic carboxylic acids is 1. The third kappa shape index (κ3) is 4.79. The van der Waals surface area contributed by atoms with Gasteiger partial charge in [0, 0.05) is 18.0 Å². The van der Waals surface area contributed by atoms with E-state index in [-0.39, 0.29) is 23.7 Å². The van der Waals surface area contributed by atoms with Crippen LogP contribution < -0.4 is 5.32 Å². The van der Waals surface area contributed by atoms with Gasteiger partial charge in [0.1, 0.15) is 11.9 Å². The number of hydrogen-bond donors (Lipinski definition) is 2. The number of rotatable bonds is 6. The van der Waals surface area contributed by atoms with E-state index >= 15 is 0 Å². The summed E-state index contributed by atoms with van der Waals surface area (Å²) in [5.74, 6) is -1.97. The lowest BCUT2D eigenvalue weighted by atomic mass is 10.2. The molecule has 2 N–H and O–H groups in total. The van der Waals surface area contributed by atoms with Crippen LogP contribution in [0.5, 0.6) is 0 Å². The molecule has 0 aliphatic heterocycles. The summed E-state index contributed by atoms with van der Waals surface area (Å²) >= 11 is 5.61. The molecular weight excluding hydrogens is 287 g/mol. The Hall–Kier alpha value is -1.66. The summed E-state index contributed by atoms with van der Waals surface area (Å²) < 4.78 is 13.5. The van der Waals surface area contributed by atoms with Gasteiger partial charge in [0.15, 0.2) is 0 Å². The van der Waals surface area contributed by atoms with Gasteiger partial charge in [0.25, 0.3) is 0 Å². The van der Waals surface area contributed by atoms with E-state index in [9.17, 15) is 14.0 Å². The van der Waals surface area contributed by atoms with Gasteiger partial charge in [0.05, 0.1) is 5.69 Å². The maximum Gasteiger partial charge on any atom is 0.320 e. The Morgan fingerprint density at radius 2 is 2.15 bits per heavy atom. The first-order valence-electron chi connectivity index (χ1n) is 5.99. The number of amides is 1. The summed E-state index contributed by atoms with van der Waals surface area (Å²) in [6.07, 6.45) is 0.0657. The minimum Gasteiger partial charge on any atom is -0.480 e. The fourth-order valence-electron chi connectivity index (χ4n) is 1.46. The molecule has 5 nitrogen and oxygen atoms in total. The third-order valence-corrected chi connectivity index (χ3v) is 3.15. The van der Waals surface area contributed by atoms with Crippen molar-refractivity contribution in [2.75, 3.05) is 18.9 Å². The molecule has 0 saturated heterocycles. The Bertz CT molecular complexity index is 510. The van der Waals surface area contributed by atoms with Gasteiger partial charge in [-0.05, 0) is 32.2 Å². The number of carboxylic acid groups (broad SMARTS) is 1. The number of carboxylic acids is 1. The molecule has 1 amide bonds. The number of benzene rings is 1. The molecule has 0 radical (unpaired) electrons. The number of carbonyl (C=O) groups excluding carboxylic acids is 1. The van der Waals surface area contributed by atoms with Crippen LogP contribution in [0.1, 0.15) is 13.3 Å². The zero-order chi connectivity index (χ0) is 15.3. The Balaban J connectivity index is 2.50. The number of anilines is 1. The molecular formula is C13H16ClFN2O3. The maximum absolute atomic E-state index is 13.5. The fraction of sp³-hybridized carbons (Fsp3) is 0.385. The molecule has 0 heterocycles. The van der Waals surface area contributed by atoms with Crippen LogP contribution in [0.15, 0.2) is 18.2 Å². The minimum absolute atomic E-state index is 0.0494. The van der Waals surface area contributed by atoms with E-state index in [1.807, 2.05) is 0 Å². The van der Waals surface area contributed by atoms with Crippen molar-refractivity contribution in [3.8, 4) is 0 Å². The summed E-state index contributed by atoms with van der Waals surface area (Å²) in [5, 5.41) is 11.5. The predicted molar refractivity (Wildman–Crippen MR) is 74.4 cm³/mol. The lowest BCUT2D eigenvalue weighted by molar-refractivity contribution is -0.142. The Morgan fingerprint density at radius 1 is 1.50 bits per heavy atom. The van der Waals surface area contributed by atoms with E-state index in [4.69, 9.17) is 16.7 Å². The highest BCUT2D eigenvalue weighted by Gasteiger charge is 2.17. The summed E-state index contributed by atoms with van der Waals surface area (Å²) in [6, 6.07) is 3.27. The molecule has 0 aromatic heterocycles. The summed E-state index contributed by atoms with van der Waals surface area (Å²) in [6.45, 7) is 1.79. The SMILES string of the molecule is CC(C(=O)O)N(C)CCC(=O)Nc1ccc(Cl)cc1F. The average Bonchev–Trinajstić information content (AvgIpc) is 2.38. The highest BCUT2D eigenvalue weighted by atomic mass is 35.5.